The van der Waals surface area contributed by atoms with Gasteiger partial charge in [0.2, 0.25) is 24.1 Å². The first-order valence-corrected chi connectivity index (χ1v) is 16.3. The average molecular weight is 664 g/mol. The van der Waals surface area contributed by atoms with Crippen LogP contribution in [0.1, 0.15) is 43.8 Å². The van der Waals surface area contributed by atoms with Crippen LogP contribution in [0.5, 0.6) is 0 Å². The Labute approximate surface area is 274 Å². The molecule has 3 heterocycles. The first kappa shape index (κ1) is 32.8. The van der Waals surface area contributed by atoms with Crippen molar-refractivity contribution in [2.75, 3.05) is 18.9 Å². The number of thioether (sulfide) groups is 1. The zero-order valence-corrected chi connectivity index (χ0v) is 27.1. The standard InChI is InChI=1S/C32H33N5O7S2/c1-5-32(30(41)43-25(20-12-8-6-9-13-20)21-14-10-7-11-15-21)17-37-28(40)24(29(37)45-18-32)34-27(39)23(26-33-19-46-36-26)35-42-16-22(38)44-31(2,3)4/h5-15,19,24-25,29H,1,16-18H2,2-4H3,(H,34,39)/t24?,29-,32?/m1/s1. The van der Waals surface area contributed by atoms with E-state index in [0.717, 1.165) is 22.7 Å². The Kier molecular flexibility index (Phi) is 9.87. The van der Waals surface area contributed by atoms with E-state index in [1.165, 1.54) is 28.2 Å². The van der Waals surface area contributed by atoms with E-state index in [9.17, 15) is 19.2 Å². The van der Waals surface area contributed by atoms with Gasteiger partial charge >= 0.3 is 11.9 Å². The minimum atomic E-state index is -1.17. The molecule has 14 heteroatoms. The van der Waals surface area contributed by atoms with E-state index in [1.807, 2.05) is 60.7 Å². The topological polar surface area (TPSA) is 149 Å². The molecule has 2 aliphatic heterocycles. The van der Waals surface area contributed by atoms with Crippen molar-refractivity contribution in [3.8, 4) is 0 Å². The van der Waals surface area contributed by atoms with Crippen LogP contribution in [-0.2, 0) is 33.5 Å². The minimum absolute atomic E-state index is 0.0218. The maximum absolute atomic E-state index is 13.8. The molecule has 2 amide bonds. The highest BCUT2D eigenvalue weighted by atomic mass is 32.2. The highest BCUT2D eigenvalue weighted by Crippen LogP contribution is 2.44. The van der Waals surface area contributed by atoms with Gasteiger partial charge in [0, 0.05) is 12.3 Å². The Morgan fingerprint density at radius 3 is 2.35 bits per heavy atom. The van der Waals surface area contributed by atoms with Gasteiger partial charge in [0.25, 0.3) is 5.91 Å². The molecule has 1 aromatic heterocycles. The molecule has 0 aliphatic carbocycles. The molecule has 2 fully saturated rings. The molecule has 46 heavy (non-hydrogen) atoms. The SMILES string of the molecule is C=CC1(C(=O)OC(c2ccccc2)c2ccccc2)CS[C@@H]2C(NC(=O)C(=NOCC(=O)OC(C)(C)C)c3ncsn3)C(=O)N2C1. The molecule has 0 radical (unpaired) electrons. The van der Waals surface area contributed by atoms with Crippen LogP contribution in [0.15, 0.2) is 84.0 Å². The first-order chi connectivity index (χ1) is 22.0. The summed E-state index contributed by atoms with van der Waals surface area (Å²) in [5.41, 5.74) is 0.849. The van der Waals surface area contributed by atoms with Crippen molar-refractivity contribution in [1.82, 2.24) is 19.6 Å². The quantitative estimate of drug-likeness (QED) is 0.106. The summed E-state index contributed by atoms with van der Waals surface area (Å²) in [7, 11) is 0. The molecule has 5 rings (SSSR count). The number of hydrogen-bond donors (Lipinski definition) is 1. The van der Waals surface area contributed by atoms with Gasteiger partial charge in [-0.2, -0.15) is 4.37 Å². The number of ether oxygens (including phenoxy) is 2. The number of rotatable bonds is 11. The summed E-state index contributed by atoms with van der Waals surface area (Å²) in [4.78, 5) is 63.1. The number of amides is 2. The third-order valence-electron chi connectivity index (χ3n) is 7.17. The second-order valence-corrected chi connectivity index (χ2v) is 13.3. The summed E-state index contributed by atoms with van der Waals surface area (Å²) in [5, 5.41) is 6.04. The van der Waals surface area contributed by atoms with Crippen molar-refractivity contribution in [1.29, 1.82) is 0 Å². The van der Waals surface area contributed by atoms with Crippen LogP contribution < -0.4 is 5.32 Å². The van der Waals surface area contributed by atoms with Crippen molar-refractivity contribution in [3.05, 3.63) is 95.8 Å². The van der Waals surface area contributed by atoms with E-state index in [1.54, 1.807) is 20.8 Å². The fourth-order valence-corrected chi connectivity index (χ4v) is 6.88. The highest BCUT2D eigenvalue weighted by Gasteiger charge is 2.57. The van der Waals surface area contributed by atoms with Gasteiger partial charge in [-0.1, -0.05) is 71.9 Å². The number of oxime groups is 1. The fraction of sp³-hybridized carbons (Fsp3) is 0.344. The molecular formula is C32H33N5O7S2. The lowest BCUT2D eigenvalue weighted by molar-refractivity contribution is -0.162. The Bertz CT molecular complexity index is 1570. The van der Waals surface area contributed by atoms with Gasteiger partial charge in [-0.05, 0) is 43.4 Å². The van der Waals surface area contributed by atoms with E-state index >= 15 is 0 Å². The summed E-state index contributed by atoms with van der Waals surface area (Å²) in [6.45, 7) is 8.56. The number of fused-ring (bicyclic) bond motifs is 1. The molecule has 2 aromatic carbocycles. The Morgan fingerprint density at radius 1 is 1.13 bits per heavy atom. The smallest absolute Gasteiger partial charge is 0.347 e. The van der Waals surface area contributed by atoms with Gasteiger partial charge in [0.05, 0.1) is 0 Å². The molecule has 0 saturated carbocycles. The molecule has 0 spiro atoms. The maximum atomic E-state index is 13.8. The number of carbonyl (C=O) groups is 4. The predicted octanol–water partition coefficient (Wildman–Crippen LogP) is 3.51. The van der Waals surface area contributed by atoms with E-state index < -0.39 is 53.0 Å². The normalized spacial score (nSPS) is 21.1. The van der Waals surface area contributed by atoms with Crippen LogP contribution in [0.3, 0.4) is 0 Å². The van der Waals surface area contributed by atoms with Gasteiger partial charge in [0.15, 0.2) is 6.10 Å². The lowest BCUT2D eigenvalue weighted by Crippen LogP contribution is -2.74. The molecule has 0 bridgehead atoms. The number of hydrogen-bond acceptors (Lipinski definition) is 12. The van der Waals surface area contributed by atoms with Crippen molar-refractivity contribution >= 4 is 52.8 Å². The summed E-state index contributed by atoms with van der Waals surface area (Å²) in [5.74, 6) is -2.06. The van der Waals surface area contributed by atoms with E-state index in [4.69, 9.17) is 14.3 Å². The monoisotopic (exact) mass is 663 g/mol. The molecule has 2 aliphatic rings. The number of nitrogens with zero attached hydrogens (tertiary/aromatic N) is 4. The average Bonchev–Trinajstić information content (AvgIpc) is 3.58. The van der Waals surface area contributed by atoms with E-state index in [2.05, 4.69) is 26.4 Å². The van der Waals surface area contributed by atoms with E-state index in [0.29, 0.717) is 0 Å². The van der Waals surface area contributed by atoms with Crippen LogP contribution in [-0.4, -0.2) is 79.6 Å². The van der Waals surface area contributed by atoms with Gasteiger partial charge in [-0.25, -0.2) is 9.78 Å². The molecule has 2 saturated heterocycles. The highest BCUT2D eigenvalue weighted by molar-refractivity contribution is 8.00. The number of nitrogens with one attached hydrogen (secondary N) is 1. The number of carbonyl (C=O) groups excluding carboxylic acids is 4. The zero-order valence-electron chi connectivity index (χ0n) is 25.5. The Morgan fingerprint density at radius 2 is 1.78 bits per heavy atom. The molecule has 2 unspecified atom stereocenters. The van der Waals surface area contributed by atoms with Crippen molar-refractivity contribution in [3.63, 3.8) is 0 Å². The largest absolute Gasteiger partial charge is 0.457 e. The molecule has 3 aromatic rings. The third kappa shape index (κ3) is 7.29. The fourth-order valence-electron chi connectivity index (χ4n) is 4.92. The summed E-state index contributed by atoms with van der Waals surface area (Å²) < 4.78 is 15.4. The van der Waals surface area contributed by atoms with Crippen LogP contribution >= 0.6 is 23.3 Å². The number of β-lactam (4-membered cyclic amide) rings is 1. The molecular weight excluding hydrogens is 631 g/mol. The van der Waals surface area contributed by atoms with Crippen molar-refractivity contribution < 1.29 is 33.5 Å². The lowest BCUT2D eigenvalue weighted by atomic mass is 9.87. The molecule has 3 atom stereocenters. The van der Waals surface area contributed by atoms with Crippen LogP contribution in [0.2, 0.25) is 0 Å². The number of benzene rings is 2. The van der Waals surface area contributed by atoms with Crippen molar-refractivity contribution in [2.45, 2.75) is 43.9 Å². The molecule has 1 N–H and O–H groups in total. The molecule has 12 nitrogen and oxygen atoms in total. The van der Waals surface area contributed by atoms with Gasteiger partial charge in [0.1, 0.15) is 27.9 Å². The Hall–Kier alpha value is -4.56. The third-order valence-corrected chi connectivity index (χ3v) is 9.19. The van der Waals surface area contributed by atoms with Gasteiger partial charge in [-0.15, -0.1) is 18.3 Å². The second-order valence-electron chi connectivity index (χ2n) is 11.6. The summed E-state index contributed by atoms with van der Waals surface area (Å²) in [6.07, 6.45) is 0.883. The van der Waals surface area contributed by atoms with Crippen LogP contribution in [0.25, 0.3) is 0 Å². The number of esters is 2. The van der Waals surface area contributed by atoms with Crippen LogP contribution in [0.4, 0.5) is 0 Å². The Balaban J connectivity index is 1.25. The van der Waals surface area contributed by atoms with Crippen LogP contribution in [0, 0.1) is 5.41 Å². The lowest BCUT2D eigenvalue weighted by Gasteiger charge is -2.53. The maximum Gasteiger partial charge on any atom is 0.347 e. The molecule has 240 valence electrons. The minimum Gasteiger partial charge on any atom is -0.457 e. The van der Waals surface area contributed by atoms with Crippen molar-refractivity contribution in [2.24, 2.45) is 10.6 Å². The predicted molar refractivity (Wildman–Crippen MR) is 172 cm³/mol. The van der Waals surface area contributed by atoms with Gasteiger partial charge in [-0.3, -0.25) is 14.4 Å². The summed E-state index contributed by atoms with van der Waals surface area (Å²) in [6, 6.07) is 18.0. The first-order valence-electron chi connectivity index (χ1n) is 14.4. The summed E-state index contributed by atoms with van der Waals surface area (Å²) >= 11 is 2.33. The van der Waals surface area contributed by atoms with E-state index in [-0.39, 0.29) is 29.7 Å². The second kappa shape index (κ2) is 13.8. The zero-order chi connectivity index (χ0) is 32.9. The number of aromatic nitrogens is 2. The van der Waals surface area contributed by atoms with Gasteiger partial charge < -0.3 is 24.5 Å².